The lowest BCUT2D eigenvalue weighted by atomic mass is 10.2. The molecule has 0 radical (unpaired) electrons. The van der Waals surface area contributed by atoms with Crippen LogP contribution in [0.2, 0.25) is 0 Å². The molecular formula is C14H14F3N3OS. The first-order chi connectivity index (χ1) is 10.2. The standard InChI is InChI=1S/C14H14F3N3OS/c1-19(8-10-7-18-20(2)9-10)13(21)11-3-5-12(6-4-11)22-14(15,16)17/h3-7,9H,8H2,1-2H3. The molecule has 1 aromatic heterocycles. The smallest absolute Gasteiger partial charge is 0.337 e. The van der Waals surface area contributed by atoms with Crippen molar-refractivity contribution < 1.29 is 18.0 Å². The van der Waals surface area contributed by atoms with Crippen LogP contribution >= 0.6 is 11.8 Å². The highest BCUT2D eigenvalue weighted by molar-refractivity contribution is 8.00. The Morgan fingerprint density at radius 1 is 1.32 bits per heavy atom. The van der Waals surface area contributed by atoms with E-state index in [0.29, 0.717) is 12.1 Å². The highest BCUT2D eigenvalue weighted by Gasteiger charge is 2.29. The van der Waals surface area contributed by atoms with Gasteiger partial charge in [-0.2, -0.15) is 18.3 Å². The van der Waals surface area contributed by atoms with Gasteiger partial charge in [0.2, 0.25) is 0 Å². The third-order valence-electron chi connectivity index (χ3n) is 2.86. The molecule has 0 aliphatic heterocycles. The number of nitrogens with zero attached hydrogens (tertiary/aromatic N) is 3. The molecule has 0 N–H and O–H groups in total. The Balaban J connectivity index is 2.02. The van der Waals surface area contributed by atoms with E-state index < -0.39 is 5.51 Å². The highest BCUT2D eigenvalue weighted by Crippen LogP contribution is 2.36. The van der Waals surface area contributed by atoms with E-state index in [-0.39, 0.29) is 22.6 Å². The van der Waals surface area contributed by atoms with Crippen molar-refractivity contribution in [2.75, 3.05) is 7.05 Å². The topological polar surface area (TPSA) is 38.1 Å². The first-order valence-electron chi connectivity index (χ1n) is 6.33. The predicted octanol–water partition coefficient (Wildman–Crippen LogP) is 3.30. The summed E-state index contributed by atoms with van der Waals surface area (Å²) in [6, 6.07) is 5.39. The lowest BCUT2D eigenvalue weighted by Gasteiger charge is -2.16. The number of thioether (sulfide) groups is 1. The Kier molecular flexibility index (Phi) is 4.80. The fraction of sp³-hybridized carbons (Fsp3) is 0.286. The second-order valence-electron chi connectivity index (χ2n) is 4.76. The van der Waals surface area contributed by atoms with Gasteiger partial charge in [0.15, 0.2) is 0 Å². The van der Waals surface area contributed by atoms with Crippen LogP contribution in [0.25, 0.3) is 0 Å². The number of carbonyl (C=O) groups excluding carboxylic acids is 1. The number of carbonyl (C=O) groups is 1. The van der Waals surface area contributed by atoms with Gasteiger partial charge in [-0.05, 0) is 36.0 Å². The molecule has 0 unspecified atom stereocenters. The zero-order valence-electron chi connectivity index (χ0n) is 12.0. The quantitative estimate of drug-likeness (QED) is 0.808. The summed E-state index contributed by atoms with van der Waals surface area (Å²) in [5.41, 5.74) is -3.11. The molecule has 0 saturated heterocycles. The van der Waals surface area contributed by atoms with E-state index in [1.54, 1.807) is 31.2 Å². The van der Waals surface area contributed by atoms with Crippen molar-refractivity contribution in [2.45, 2.75) is 16.9 Å². The van der Waals surface area contributed by atoms with Gasteiger partial charge in [0, 0.05) is 42.9 Å². The minimum absolute atomic E-state index is 0.0546. The number of alkyl halides is 3. The fourth-order valence-corrected chi connectivity index (χ4v) is 2.46. The summed E-state index contributed by atoms with van der Waals surface area (Å²) in [4.78, 5) is 13.8. The minimum Gasteiger partial charge on any atom is -0.337 e. The van der Waals surface area contributed by atoms with Crippen molar-refractivity contribution in [1.29, 1.82) is 0 Å². The number of amides is 1. The van der Waals surface area contributed by atoms with E-state index >= 15 is 0 Å². The maximum absolute atomic E-state index is 12.3. The second kappa shape index (κ2) is 6.43. The molecule has 0 aliphatic rings. The van der Waals surface area contributed by atoms with Crippen LogP contribution in [0.5, 0.6) is 0 Å². The summed E-state index contributed by atoms with van der Waals surface area (Å²) in [6.45, 7) is 0.381. The molecule has 2 aromatic rings. The first kappa shape index (κ1) is 16.4. The normalized spacial score (nSPS) is 11.5. The number of hydrogen-bond acceptors (Lipinski definition) is 3. The summed E-state index contributed by atoms with van der Waals surface area (Å²) in [7, 11) is 3.41. The molecule has 1 aromatic carbocycles. The Labute approximate surface area is 129 Å². The average molecular weight is 329 g/mol. The molecule has 22 heavy (non-hydrogen) atoms. The maximum atomic E-state index is 12.3. The van der Waals surface area contributed by atoms with Gasteiger partial charge in [0.25, 0.3) is 5.91 Å². The number of halogens is 3. The Bertz CT molecular complexity index is 652. The molecule has 0 fully saturated rings. The molecule has 4 nitrogen and oxygen atoms in total. The molecule has 0 spiro atoms. The molecule has 1 amide bonds. The molecule has 1 heterocycles. The van der Waals surface area contributed by atoms with E-state index in [9.17, 15) is 18.0 Å². The van der Waals surface area contributed by atoms with Crippen molar-refractivity contribution in [1.82, 2.24) is 14.7 Å². The van der Waals surface area contributed by atoms with E-state index in [1.165, 1.54) is 29.2 Å². The van der Waals surface area contributed by atoms with Crippen LogP contribution in [-0.4, -0.2) is 33.1 Å². The van der Waals surface area contributed by atoms with Crippen molar-refractivity contribution in [3.63, 3.8) is 0 Å². The fourth-order valence-electron chi connectivity index (χ4n) is 1.92. The number of benzene rings is 1. The van der Waals surface area contributed by atoms with Crippen LogP contribution in [0.15, 0.2) is 41.6 Å². The summed E-state index contributed by atoms with van der Waals surface area (Å²) < 4.78 is 38.4. The highest BCUT2D eigenvalue weighted by atomic mass is 32.2. The molecule has 0 atom stereocenters. The molecule has 118 valence electrons. The Hall–Kier alpha value is -1.96. The molecule has 0 saturated carbocycles. The molecule has 2 rings (SSSR count). The predicted molar refractivity (Wildman–Crippen MR) is 77.4 cm³/mol. The Morgan fingerprint density at radius 3 is 2.45 bits per heavy atom. The number of rotatable bonds is 4. The maximum Gasteiger partial charge on any atom is 0.446 e. The van der Waals surface area contributed by atoms with Gasteiger partial charge >= 0.3 is 5.51 Å². The van der Waals surface area contributed by atoms with E-state index in [0.717, 1.165) is 5.56 Å². The average Bonchev–Trinajstić information content (AvgIpc) is 2.82. The van der Waals surface area contributed by atoms with Gasteiger partial charge in [0.05, 0.1) is 6.20 Å². The summed E-state index contributed by atoms with van der Waals surface area (Å²) >= 11 is -0.201. The Morgan fingerprint density at radius 2 is 1.95 bits per heavy atom. The van der Waals surface area contributed by atoms with Crippen LogP contribution in [0, 0.1) is 0 Å². The third kappa shape index (κ3) is 4.52. The molecule has 8 heteroatoms. The lowest BCUT2D eigenvalue weighted by Crippen LogP contribution is -2.26. The number of aromatic nitrogens is 2. The van der Waals surface area contributed by atoms with Crippen molar-refractivity contribution >= 4 is 17.7 Å². The van der Waals surface area contributed by atoms with Crippen LogP contribution in [0.1, 0.15) is 15.9 Å². The SMILES string of the molecule is CN(Cc1cnn(C)c1)C(=O)c1ccc(SC(F)(F)F)cc1. The number of aryl methyl sites for hydroxylation is 1. The number of hydrogen-bond donors (Lipinski definition) is 0. The van der Waals surface area contributed by atoms with Crippen LogP contribution < -0.4 is 0 Å². The van der Waals surface area contributed by atoms with Crippen LogP contribution in [0.4, 0.5) is 13.2 Å². The van der Waals surface area contributed by atoms with Gasteiger partial charge in [0.1, 0.15) is 0 Å². The van der Waals surface area contributed by atoms with E-state index in [2.05, 4.69) is 5.10 Å². The van der Waals surface area contributed by atoms with Crippen LogP contribution in [-0.2, 0) is 13.6 Å². The van der Waals surface area contributed by atoms with Gasteiger partial charge in [-0.3, -0.25) is 9.48 Å². The van der Waals surface area contributed by atoms with Crippen molar-refractivity contribution in [2.24, 2.45) is 7.05 Å². The largest absolute Gasteiger partial charge is 0.446 e. The van der Waals surface area contributed by atoms with Gasteiger partial charge < -0.3 is 4.90 Å². The molecular weight excluding hydrogens is 315 g/mol. The summed E-state index contributed by atoms with van der Waals surface area (Å²) in [5.74, 6) is -0.257. The van der Waals surface area contributed by atoms with Gasteiger partial charge in [-0.25, -0.2) is 0 Å². The van der Waals surface area contributed by atoms with Crippen LogP contribution in [0.3, 0.4) is 0 Å². The summed E-state index contributed by atoms with van der Waals surface area (Å²) in [6.07, 6.45) is 3.46. The van der Waals surface area contributed by atoms with Crippen molar-refractivity contribution in [3.05, 3.63) is 47.8 Å². The third-order valence-corrected chi connectivity index (χ3v) is 3.60. The van der Waals surface area contributed by atoms with Gasteiger partial charge in [-0.1, -0.05) is 0 Å². The zero-order valence-corrected chi connectivity index (χ0v) is 12.8. The van der Waals surface area contributed by atoms with E-state index in [1.807, 2.05) is 0 Å². The monoisotopic (exact) mass is 329 g/mol. The summed E-state index contributed by atoms with van der Waals surface area (Å²) in [5, 5.41) is 4.02. The van der Waals surface area contributed by atoms with Crippen molar-refractivity contribution in [3.8, 4) is 0 Å². The van der Waals surface area contributed by atoms with Gasteiger partial charge in [-0.15, -0.1) is 0 Å². The first-order valence-corrected chi connectivity index (χ1v) is 7.15. The molecule has 0 aliphatic carbocycles. The minimum atomic E-state index is -4.33. The zero-order chi connectivity index (χ0) is 16.3. The second-order valence-corrected chi connectivity index (χ2v) is 5.89. The molecule has 0 bridgehead atoms. The van der Waals surface area contributed by atoms with E-state index in [4.69, 9.17) is 0 Å². The lowest BCUT2D eigenvalue weighted by molar-refractivity contribution is -0.0328.